The highest BCUT2D eigenvalue weighted by molar-refractivity contribution is 9.10. The van der Waals surface area contributed by atoms with Gasteiger partial charge in [0, 0.05) is 10.7 Å². The highest BCUT2D eigenvalue weighted by Crippen LogP contribution is 2.17. The molecule has 0 amide bonds. The fraction of sp³-hybridized carbons (Fsp3) is 0. The molecule has 0 radical (unpaired) electrons. The average molecular weight is 405 g/mol. The quantitative estimate of drug-likeness (QED) is 0.337. The first-order chi connectivity index (χ1) is 12.6. The van der Waals surface area contributed by atoms with Crippen LogP contribution in [0.5, 0.6) is 5.75 Å². The summed E-state index contributed by atoms with van der Waals surface area (Å²) in [5.41, 5.74) is 2.68. The third kappa shape index (κ3) is 4.65. The van der Waals surface area contributed by atoms with E-state index in [2.05, 4.69) is 20.9 Å². The van der Waals surface area contributed by atoms with Crippen LogP contribution in [0.3, 0.4) is 0 Å². The molecule has 0 spiro atoms. The van der Waals surface area contributed by atoms with E-state index in [1.54, 1.807) is 54.7 Å². The van der Waals surface area contributed by atoms with Crippen molar-refractivity contribution in [2.24, 2.45) is 4.99 Å². The van der Waals surface area contributed by atoms with E-state index in [0.29, 0.717) is 16.9 Å². The lowest BCUT2D eigenvalue weighted by molar-refractivity contribution is 0.0735. The predicted octanol–water partition coefficient (Wildman–Crippen LogP) is 5.29. The van der Waals surface area contributed by atoms with Crippen LogP contribution in [-0.4, -0.2) is 12.2 Å². The monoisotopic (exact) mass is 404 g/mol. The van der Waals surface area contributed by atoms with Gasteiger partial charge in [-0.25, -0.2) is 4.79 Å². The molecule has 4 nitrogen and oxygen atoms in total. The fourth-order valence-corrected chi connectivity index (χ4v) is 2.41. The summed E-state index contributed by atoms with van der Waals surface area (Å²) in [6.45, 7) is 0. The molecule has 0 aliphatic rings. The zero-order valence-corrected chi connectivity index (χ0v) is 15.2. The molecule has 3 aromatic rings. The van der Waals surface area contributed by atoms with Crippen LogP contribution >= 0.6 is 15.9 Å². The van der Waals surface area contributed by atoms with Gasteiger partial charge in [0.2, 0.25) is 0 Å². The van der Waals surface area contributed by atoms with Crippen LogP contribution in [0.15, 0.2) is 82.3 Å². The second-order valence-electron chi connectivity index (χ2n) is 5.38. The Morgan fingerprint density at radius 2 is 1.62 bits per heavy atom. The first-order valence-electron chi connectivity index (χ1n) is 7.76. The zero-order chi connectivity index (χ0) is 18.4. The number of hydrogen-bond acceptors (Lipinski definition) is 4. The summed E-state index contributed by atoms with van der Waals surface area (Å²) in [5, 5.41) is 8.77. The van der Waals surface area contributed by atoms with Crippen LogP contribution in [0.25, 0.3) is 0 Å². The lowest BCUT2D eigenvalue weighted by Gasteiger charge is -2.04. The second kappa shape index (κ2) is 8.24. The van der Waals surface area contributed by atoms with E-state index < -0.39 is 5.97 Å². The SMILES string of the molecule is N#Cc1ccc(OC(=O)c2ccc(C=Nc3ccc(Br)cc3)cc2)cc1. The van der Waals surface area contributed by atoms with E-state index in [4.69, 9.17) is 10.00 Å². The molecule has 0 aliphatic carbocycles. The van der Waals surface area contributed by atoms with Crippen LogP contribution in [-0.2, 0) is 0 Å². The molecule has 0 bridgehead atoms. The van der Waals surface area contributed by atoms with Crippen molar-refractivity contribution in [1.29, 1.82) is 5.26 Å². The maximum absolute atomic E-state index is 12.2. The molecule has 0 atom stereocenters. The van der Waals surface area contributed by atoms with Gasteiger partial charge in [0.05, 0.1) is 22.9 Å². The summed E-state index contributed by atoms with van der Waals surface area (Å²) in [4.78, 5) is 16.6. The molecule has 5 heteroatoms. The topological polar surface area (TPSA) is 62.4 Å². The Bertz CT molecular complexity index is 971. The molecule has 0 saturated heterocycles. The fourth-order valence-electron chi connectivity index (χ4n) is 2.14. The van der Waals surface area contributed by atoms with Crippen LogP contribution in [0.2, 0.25) is 0 Å². The number of aliphatic imine (C=N–C) groups is 1. The average Bonchev–Trinajstić information content (AvgIpc) is 2.68. The molecule has 0 N–H and O–H groups in total. The largest absolute Gasteiger partial charge is 0.423 e. The zero-order valence-electron chi connectivity index (χ0n) is 13.6. The minimum atomic E-state index is -0.453. The number of halogens is 1. The molecular formula is C21H13BrN2O2. The molecule has 0 heterocycles. The first-order valence-corrected chi connectivity index (χ1v) is 8.55. The Hall–Kier alpha value is -3.23. The third-order valence-electron chi connectivity index (χ3n) is 3.53. The van der Waals surface area contributed by atoms with Crippen LogP contribution in [0.1, 0.15) is 21.5 Å². The van der Waals surface area contributed by atoms with Gasteiger partial charge in [-0.2, -0.15) is 5.26 Å². The summed E-state index contributed by atoms with van der Waals surface area (Å²) < 4.78 is 6.30. The van der Waals surface area contributed by atoms with E-state index >= 15 is 0 Å². The van der Waals surface area contributed by atoms with Gasteiger partial charge in [-0.05, 0) is 66.2 Å². The minimum absolute atomic E-state index is 0.398. The number of rotatable bonds is 4. The lowest BCUT2D eigenvalue weighted by atomic mass is 10.1. The summed E-state index contributed by atoms with van der Waals surface area (Å²) in [5.74, 6) is -0.0546. The van der Waals surface area contributed by atoms with Crippen molar-refractivity contribution in [2.75, 3.05) is 0 Å². The van der Waals surface area contributed by atoms with Gasteiger partial charge in [-0.1, -0.05) is 28.1 Å². The second-order valence-corrected chi connectivity index (χ2v) is 6.30. The van der Waals surface area contributed by atoms with E-state index in [0.717, 1.165) is 15.7 Å². The predicted molar refractivity (Wildman–Crippen MR) is 104 cm³/mol. The third-order valence-corrected chi connectivity index (χ3v) is 4.06. The van der Waals surface area contributed by atoms with Gasteiger partial charge in [0.1, 0.15) is 5.75 Å². The highest BCUT2D eigenvalue weighted by Gasteiger charge is 2.08. The Labute approximate surface area is 159 Å². The molecule has 0 unspecified atom stereocenters. The van der Waals surface area contributed by atoms with Crippen molar-refractivity contribution < 1.29 is 9.53 Å². The van der Waals surface area contributed by atoms with E-state index in [9.17, 15) is 4.79 Å². The number of ether oxygens (including phenoxy) is 1. The summed E-state index contributed by atoms with van der Waals surface area (Å²) >= 11 is 3.38. The molecule has 3 rings (SSSR count). The minimum Gasteiger partial charge on any atom is -0.423 e. The standard InChI is InChI=1S/C21H13BrN2O2/c22-18-7-9-19(10-8-18)24-14-16-1-5-17(6-2-16)21(25)26-20-11-3-15(13-23)4-12-20/h1-12,14H. The van der Waals surface area contributed by atoms with Crippen LogP contribution in [0, 0.1) is 11.3 Å². The molecule has 126 valence electrons. The Morgan fingerprint density at radius 3 is 2.23 bits per heavy atom. The van der Waals surface area contributed by atoms with Crippen molar-refractivity contribution in [1.82, 2.24) is 0 Å². The van der Waals surface area contributed by atoms with Gasteiger partial charge in [-0.3, -0.25) is 4.99 Å². The summed E-state index contributed by atoms with van der Waals surface area (Å²) in [7, 11) is 0. The Morgan fingerprint density at radius 1 is 0.962 bits per heavy atom. The molecule has 3 aromatic carbocycles. The number of carbonyl (C=O) groups is 1. The number of hydrogen-bond donors (Lipinski definition) is 0. The van der Waals surface area contributed by atoms with Gasteiger partial charge in [0.25, 0.3) is 0 Å². The van der Waals surface area contributed by atoms with E-state index in [1.165, 1.54) is 0 Å². The van der Waals surface area contributed by atoms with E-state index in [1.807, 2.05) is 30.3 Å². The van der Waals surface area contributed by atoms with Crippen molar-refractivity contribution in [3.63, 3.8) is 0 Å². The number of benzene rings is 3. The summed E-state index contributed by atoms with van der Waals surface area (Å²) in [6, 6.07) is 23.1. The van der Waals surface area contributed by atoms with Crippen molar-refractivity contribution in [3.05, 3.63) is 94.0 Å². The normalized spacial score (nSPS) is 10.5. The Kier molecular flexibility index (Phi) is 5.57. The molecule has 0 fully saturated rings. The van der Waals surface area contributed by atoms with Gasteiger partial charge in [-0.15, -0.1) is 0 Å². The van der Waals surface area contributed by atoms with Gasteiger partial charge in [0.15, 0.2) is 0 Å². The number of carbonyl (C=O) groups excluding carboxylic acids is 1. The lowest BCUT2D eigenvalue weighted by Crippen LogP contribution is -2.08. The highest BCUT2D eigenvalue weighted by atomic mass is 79.9. The summed E-state index contributed by atoms with van der Waals surface area (Å²) in [6.07, 6.45) is 1.74. The maximum atomic E-state index is 12.2. The molecule has 0 aliphatic heterocycles. The van der Waals surface area contributed by atoms with Crippen LogP contribution in [0.4, 0.5) is 5.69 Å². The van der Waals surface area contributed by atoms with Gasteiger partial charge >= 0.3 is 5.97 Å². The van der Waals surface area contributed by atoms with Crippen LogP contribution < -0.4 is 4.74 Å². The number of esters is 1. The maximum Gasteiger partial charge on any atom is 0.343 e. The number of nitriles is 1. The molecule has 0 aromatic heterocycles. The smallest absolute Gasteiger partial charge is 0.343 e. The molecular weight excluding hydrogens is 392 g/mol. The van der Waals surface area contributed by atoms with Crippen molar-refractivity contribution >= 4 is 33.8 Å². The molecule has 26 heavy (non-hydrogen) atoms. The van der Waals surface area contributed by atoms with E-state index in [-0.39, 0.29) is 0 Å². The first kappa shape index (κ1) is 17.6. The molecule has 0 saturated carbocycles. The van der Waals surface area contributed by atoms with Crippen molar-refractivity contribution in [3.8, 4) is 11.8 Å². The number of nitrogens with zero attached hydrogens (tertiary/aromatic N) is 2. The van der Waals surface area contributed by atoms with Gasteiger partial charge < -0.3 is 4.74 Å². The van der Waals surface area contributed by atoms with Crippen molar-refractivity contribution in [2.45, 2.75) is 0 Å². The Balaban J connectivity index is 1.65.